The lowest BCUT2D eigenvalue weighted by molar-refractivity contribution is -0.137. The van der Waals surface area contributed by atoms with E-state index >= 15 is 0 Å². The summed E-state index contributed by atoms with van der Waals surface area (Å²) < 4.78 is 0. The van der Waals surface area contributed by atoms with Crippen LogP contribution in [0.15, 0.2) is 12.3 Å². The van der Waals surface area contributed by atoms with Gasteiger partial charge in [-0.2, -0.15) is 5.10 Å². The van der Waals surface area contributed by atoms with E-state index in [1.54, 1.807) is 6.20 Å². The van der Waals surface area contributed by atoms with Crippen molar-refractivity contribution in [2.24, 2.45) is 5.92 Å². The number of hydrogen-bond acceptors (Lipinski definition) is 3. The summed E-state index contributed by atoms with van der Waals surface area (Å²) in [4.78, 5) is 14.6. The van der Waals surface area contributed by atoms with Gasteiger partial charge in [0.15, 0.2) is 0 Å². The number of rotatable bonds is 2. The number of aromatic nitrogens is 2. The zero-order chi connectivity index (χ0) is 13.1. The molecule has 104 valence electrons. The number of hydrogen-bond donors (Lipinski definition) is 2. The number of nitrogens with one attached hydrogen (secondary N) is 2. The van der Waals surface area contributed by atoms with Crippen molar-refractivity contribution < 1.29 is 4.79 Å². The summed E-state index contributed by atoms with van der Waals surface area (Å²) in [5.41, 5.74) is 1.17. The molecule has 5 nitrogen and oxygen atoms in total. The molecule has 0 radical (unpaired) electrons. The minimum Gasteiger partial charge on any atom is -0.342 e. The van der Waals surface area contributed by atoms with Gasteiger partial charge in [-0.1, -0.05) is 0 Å². The lowest BCUT2D eigenvalue weighted by Crippen LogP contribution is -2.46. The van der Waals surface area contributed by atoms with E-state index in [0.29, 0.717) is 11.8 Å². The summed E-state index contributed by atoms with van der Waals surface area (Å²) in [7, 11) is 0. The molecule has 0 bridgehead atoms. The van der Waals surface area contributed by atoms with E-state index < -0.39 is 0 Å². The number of amides is 1. The molecule has 1 aromatic heterocycles. The van der Waals surface area contributed by atoms with Crippen molar-refractivity contribution in [3.05, 3.63) is 18.0 Å². The first-order chi connectivity index (χ1) is 9.34. The van der Waals surface area contributed by atoms with E-state index in [-0.39, 0.29) is 5.92 Å². The molecule has 2 aliphatic heterocycles. The quantitative estimate of drug-likeness (QED) is 0.839. The van der Waals surface area contributed by atoms with E-state index in [9.17, 15) is 4.79 Å². The predicted octanol–water partition coefficient (Wildman–Crippen LogP) is 1.12. The van der Waals surface area contributed by atoms with Gasteiger partial charge in [-0.25, -0.2) is 0 Å². The van der Waals surface area contributed by atoms with Gasteiger partial charge in [-0.05, 0) is 38.3 Å². The lowest BCUT2D eigenvalue weighted by atomic mass is 9.92. The van der Waals surface area contributed by atoms with Crippen LogP contribution in [0.3, 0.4) is 0 Å². The molecule has 3 rings (SSSR count). The second kappa shape index (κ2) is 5.74. The lowest BCUT2D eigenvalue weighted by Gasteiger charge is -2.35. The van der Waals surface area contributed by atoms with Gasteiger partial charge in [0, 0.05) is 37.4 Å². The summed E-state index contributed by atoms with van der Waals surface area (Å²) in [6.45, 7) is 3.67. The van der Waals surface area contributed by atoms with Crippen LogP contribution in [0.4, 0.5) is 0 Å². The van der Waals surface area contributed by atoms with E-state index in [4.69, 9.17) is 0 Å². The molecule has 2 aliphatic rings. The fourth-order valence-corrected chi connectivity index (χ4v) is 3.25. The molecule has 2 atom stereocenters. The first kappa shape index (κ1) is 12.7. The summed E-state index contributed by atoms with van der Waals surface area (Å²) in [6, 6.07) is 2.03. The van der Waals surface area contributed by atoms with Crippen molar-refractivity contribution >= 4 is 5.91 Å². The Labute approximate surface area is 113 Å². The number of carbonyl (C=O) groups excluding carboxylic acids is 1. The van der Waals surface area contributed by atoms with Gasteiger partial charge in [0.1, 0.15) is 0 Å². The third-order valence-electron chi connectivity index (χ3n) is 4.34. The van der Waals surface area contributed by atoms with Gasteiger partial charge >= 0.3 is 0 Å². The van der Waals surface area contributed by atoms with Crippen LogP contribution in [-0.2, 0) is 4.79 Å². The van der Waals surface area contributed by atoms with Crippen LogP contribution in [0.2, 0.25) is 0 Å². The Bertz CT molecular complexity index is 411. The number of H-pyrrole nitrogens is 1. The zero-order valence-electron chi connectivity index (χ0n) is 11.3. The van der Waals surface area contributed by atoms with E-state index in [0.717, 1.165) is 51.9 Å². The molecular formula is C14H22N4O. The number of nitrogens with zero attached hydrogens (tertiary/aromatic N) is 2. The summed E-state index contributed by atoms with van der Waals surface area (Å²) >= 11 is 0. The van der Waals surface area contributed by atoms with Gasteiger partial charge in [0.25, 0.3) is 0 Å². The molecule has 0 spiro atoms. The van der Waals surface area contributed by atoms with E-state index in [1.807, 2.05) is 6.07 Å². The van der Waals surface area contributed by atoms with Gasteiger partial charge in [-0.15, -0.1) is 0 Å². The smallest absolute Gasteiger partial charge is 0.226 e. The number of likely N-dealkylation sites (tertiary alicyclic amines) is 1. The van der Waals surface area contributed by atoms with Crippen LogP contribution < -0.4 is 5.32 Å². The van der Waals surface area contributed by atoms with Gasteiger partial charge in [0.05, 0.1) is 5.92 Å². The topological polar surface area (TPSA) is 61.0 Å². The molecule has 0 aliphatic carbocycles. The Kier molecular flexibility index (Phi) is 3.82. The summed E-state index contributed by atoms with van der Waals surface area (Å²) in [5.74, 6) is 0.961. The Morgan fingerprint density at radius 2 is 2.32 bits per heavy atom. The molecule has 3 heterocycles. The van der Waals surface area contributed by atoms with Crippen LogP contribution in [-0.4, -0.2) is 47.2 Å². The minimum absolute atomic E-state index is 0.189. The predicted molar refractivity (Wildman–Crippen MR) is 72.7 cm³/mol. The van der Waals surface area contributed by atoms with Crippen LogP contribution in [0.25, 0.3) is 0 Å². The SMILES string of the molecule is O=C([C@H]1CCCNC1)N1CCCC(c2ccn[nH]2)C1. The van der Waals surface area contributed by atoms with Crippen molar-refractivity contribution in [3.63, 3.8) is 0 Å². The van der Waals surface area contributed by atoms with E-state index in [2.05, 4.69) is 20.4 Å². The zero-order valence-corrected chi connectivity index (χ0v) is 11.3. The number of piperidine rings is 2. The highest BCUT2D eigenvalue weighted by atomic mass is 16.2. The van der Waals surface area contributed by atoms with Crippen molar-refractivity contribution in [2.45, 2.75) is 31.6 Å². The highest BCUT2D eigenvalue weighted by molar-refractivity contribution is 5.79. The maximum atomic E-state index is 12.5. The van der Waals surface area contributed by atoms with Crippen LogP contribution in [0.5, 0.6) is 0 Å². The average molecular weight is 262 g/mol. The first-order valence-electron chi connectivity index (χ1n) is 7.33. The largest absolute Gasteiger partial charge is 0.342 e. The molecule has 2 fully saturated rings. The fourth-order valence-electron chi connectivity index (χ4n) is 3.25. The summed E-state index contributed by atoms with van der Waals surface area (Å²) in [5, 5.41) is 10.4. The van der Waals surface area contributed by atoms with Crippen LogP contribution in [0, 0.1) is 5.92 Å². The number of aromatic amines is 1. The molecule has 0 aromatic carbocycles. The maximum Gasteiger partial charge on any atom is 0.226 e. The van der Waals surface area contributed by atoms with Gasteiger partial charge < -0.3 is 10.2 Å². The second-order valence-electron chi connectivity index (χ2n) is 5.68. The third-order valence-corrected chi connectivity index (χ3v) is 4.34. The normalized spacial score (nSPS) is 28.3. The molecule has 2 saturated heterocycles. The Hall–Kier alpha value is -1.36. The molecule has 1 aromatic rings. The Morgan fingerprint density at radius 3 is 3.05 bits per heavy atom. The highest BCUT2D eigenvalue weighted by Gasteiger charge is 2.30. The van der Waals surface area contributed by atoms with Gasteiger partial charge in [-0.3, -0.25) is 9.89 Å². The van der Waals surface area contributed by atoms with Crippen molar-refractivity contribution in [3.8, 4) is 0 Å². The molecule has 19 heavy (non-hydrogen) atoms. The average Bonchev–Trinajstić information content (AvgIpc) is 3.02. The summed E-state index contributed by atoms with van der Waals surface area (Å²) in [6.07, 6.45) is 6.19. The number of carbonyl (C=O) groups is 1. The molecular weight excluding hydrogens is 240 g/mol. The Balaban J connectivity index is 1.62. The van der Waals surface area contributed by atoms with Crippen molar-refractivity contribution in [1.29, 1.82) is 0 Å². The van der Waals surface area contributed by atoms with Crippen LogP contribution >= 0.6 is 0 Å². The Morgan fingerprint density at radius 1 is 1.37 bits per heavy atom. The second-order valence-corrected chi connectivity index (χ2v) is 5.68. The third kappa shape index (κ3) is 2.81. The van der Waals surface area contributed by atoms with Crippen molar-refractivity contribution in [1.82, 2.24) is 20.4 Å². The molecule has 2 N–H and O–H groups in total. The monoisotopic (exact) mass is 262 g/mol. The van der Waals surface area contributed by atoms with Crippen molar-refractivity contribution in [2.75, 3.05) is 26.2 Å². The highest BCUT2D eigenvalue weighted by Crippen LogP contribution is 2.27. The molecule has 1 unspecified atom stereocenters. The minimum atomic E-state index is 0.189. The van der Waals surface area contributed by atoms with Crippen LogP contribution in [0.1, 0.15) is 37.3 Å². The first-order valence-corrected chi connectivity index (χ1v) is 7.33. The molecule has 1 amide bonds. The maximum absolute atomic E-state index is 12.5. The fraction of sp³-hybridized carbons (Fsp3) is 0.714. The standard InChI is InChI=1S/C14H22N4O/c19-14(11-3-1-6-15-9-11)18-8-2-4-12(10-18)13-5-7-16-17-13/h5,7,11-12,15H,1-4,6,8-10H2,(H,16,17)/t11-,12?/m0/s1. The molecule has 5 heteroatoms. The van der Waals surface area contributed by atoms with E-state index in [1.165, 1.54) is 5.69 Å². The molecule has 0 saturated carbocycles. The van der Waals surface area contributed by atoms with Gasteiger partial charge in [0.2, 0.25) is 5.91 Å².